The minimum absolute atomic E-state index is 0.00995. The van der Waals surface area contributed by atoms with Crippen LogP contribution in [0.2, 0.25) is 0 Å². The van der Waals surface area contributed by atoms with E-state index < -0.39 is 17.9 Å². The average molecular weight is 279 g/mol. The summed E-state index contributed by atoms with van der Waals surface area (Å²) in [5.74, 6) is -1.06. The molecule has 110 valence electrons. The van der Waals surface area contributed by atoms with Crippen molar-refractivity contribution in [2.75, 3.05) is 0 Å². The van der Waals surface area contributed by atoms with E-state index >= 15 is 0 Å². The van der Waals surface area contributed by atoms with Crippen LogP contribution >= 0.6 is 0 Å². The Labute approximate surface area is 118 Å². The summed E-state index contributed by atoms with van der Waals surface area (Å²) in [5, 5.41) is 11.6. The molecule has 0 spiro atoms. The first kappa shape index (κ1) is 16.0. The summed E-state index contributed by atoms with van der Waals surface area (Å²) in [6, 6.07) is 5.79. The van der Waals surface area contributed by atoms with Crippen LogP contribution in [0.25, 0.3) is 0 Å². The molecule has 0 bridgehead atoms. The van der Waals surface area contributed by atoms with Gasteiger partial charge in [0.1, 0.15) is 11.8 Å². The molecule has 1 aromatic rings. The third-order valence-corrected chi connectivity index (χ3v) is 2.69. The Morgan fingerprint density at radius 2 is 1.85 bits per heavy atom. The van der Waals surface area contributed by atoms with Gasteiger partial charge in [-0.15, -0.1) is 0 Å². The highest BCUT2D eigenvalue weighted by Gasteiger charge is 2.24. The highest BCUT2D eigenvalue weighted by atomic mass is 16.5. The fourth-order valence-corrected chi connectivity index (χ4v) is 1.72. The Bertz CT molecular complexity index is 483. The molecule has 0 saturated heterocycles. The molecular formula is C15H21NO4. The van der Waals surface area contributed by atoms with E-state index in [4.69, 9.17) is 9.84 Å². The molecule has 0 aliphatic carbocycles. The van der Waals surface area contributed by atoms with Crippen LogP contribution in [0.5, 0.6) is 5.75 Å². The monoisotopic (exact) mass is 279 g/mol. The number of benzene rings is 1. The molecule has 1 aromatic carbocycles. The summed E-state index contributed by atoms with van der Waals surface area (Å²) >= 11 is 0. The first-order valence-electron chi connectivity index (χ1n) is 6.61. The van der Waals surface area contributed by atoms with Crippen molar-refractivity contribution in [1.29, 1.82) is 0 Å². The molecule has 0 unspecified atom stereocenters. The van der Waals surface area contributed by atoms with E-state index in [1.807, 2.05) is 13.8 Å². The van der Waals surface area contributed by atoms with E-state index in [1.54, 1.807) is 38.1 Å². The van der Waals surface area contributed by atoms with Crippen molar-refractivity contribution in [2.45, 2.75) is 39.8 Å². The summed E-state index contributed by atoms with van der Waals surface area (Å²) in [6.07, 6.45) is 0.00995. The van der Waals surface area contributed by atoms with Crippen molar-refractivity contribution in [3.05, 3.63) is 29.8 Å². The normalized spacial score (nSPS) is 12.3. The Morgan fingerprint density at radius 3 is 2.35 bits per heavy atom. The number of hydrogen-bond acceptors (Lipinski definition) is 3. The minimum atomic E-state index is -1.04. The van der Waals surface area contributed by atoms with Gasteiger partial charge >= 0.3 is 5.97 Å². The van der Waals surface area contributed by atoms with E-state index in [2.05, 4.69) is 5.32 Å². The van der Waals surface area contributed by atoms with Gasteiger partial charge in [0.05, 0.1) is 6.10 Å². The molecule has 0 fully saturated rings. The first-order chi connectivity index (χ1) is 9.31. The molecule has 0 aromatic heterocycles. The number of rotatable bonds is 6. The molecule has 5 heteroatoms. The fraction of sp³-hybridized carbons (Fsp3) is 0.467. The van der Waals surface area contributed by atoms with Crippen molar-refractivity contribution >= 4 is 11.9 Å². The number of ether oxygens (including phenoxy) is 1. The number of carbonyl (C=O) groups is 2. The third-order valence-electron chi connectivity index (χ3n) is 2.69. The van der Waals surface area contributed by atoms with Gasteiger partial charge in [-0.05, 0) is 38.0 Å². The van der Waals surface area contributed by atoms with Crippen molar-refractivity contribution in [2.24, 2.45) is 5.92 Å². The highest BCUT2D eigenvalue weighted by Crippen LogP contribution is 2.15. The molecule has 1 amide bonds. The topological polar surface area (TPSA) is 75.6 Å². The molecule has 1 rings (SSSR count). The summed E-state index contributed by atoms with van der Waals surface area (Å²) in [7, 11) is 0. The smallest absolute Gasteiger partial charge is 0.326 e. The van der Waals surface area contributed by atoms with Crippen molar-refractivity contribution in [3.8, 4) is 5.75 Å². The van der Waals surface area contributed by atoms with Crippen LogP contribution in [0.1, 0.15) is 38.1 Å². The fourth-order valence-electron chi connectivity index (χ4n) is 1.72. The summed E-state index contributed by atoms with van der Waals surface area (Å²) < 4.78 is 5.51. The van der Waals surface area contributed by atoms with Gasteiger partial charge in [0.15, 0.2) is 0 Å². The maximum atomic E-state index is 12.1. The van der Waals surface area contributed by atoms with Crippen LogP contribution in [-0.2, 0) is 4.79 Å². The minimum Gasteiger partial charge on any atom is -0.491 e. The molecular weight excluding hydrogens is 258 g/mol. The van der Waals surface area contributed by atoms with Crippen molar-refractivity contribution in [1.82, 2.24) is 5.32 Å². The average Bonchev–Trinajstić information content (AvgIpc) is 2.34. The van der Waals surface area contributed by atoms with Gasteiger partial charge in [0.2, 0.25) is 0 Å². The Kier molecular flexibility index (Phi) is 5.55. The van der Waals surface area contributed by atoms with Crippen LogP contribution < -0.4 is 10.1 Å². The molecule has 0 aliphatic heterocycles. The lowest BCUT2D eigenvalue weighted by Crippen LogP contribution is -2.44. The number of carbonyl (C=O) groups excluding carboxylic acids is 1. The predicted molar refractivity (Wildman–Crippen MR) is 75.9 cm³/mol. The van der Waals surface area contributed by atoms with E-state index in [0.29, 0.717) is 11.3 Å². The number of nitrogens with one attached hydrogen (secondary N) is 1. The van der Waals surface area contributed by atoms with E-state index in [0.717, 1.165) is 0 Å². The molecule has 0 heterocycles. The zero-order valence-corrected chi connectivity index (χ0v) is 12.2. The molecule has 1 atom stereocenters. The second-order valence-corrected chi connectivity index (χ2v) is 5.23. The standard InChI is InChI=1S/C15H21NO4/c1-9(2)13(15(18)19)16-14(17)11-6-5-7-12(8-11)20-10(3)4/h5-10,13H,1-4H3,(H,16,17)(H,18,19)/t13-/m1/s1. The molecule has 0 radical (unpaired) electrons. The van der Waals surface area contributed by atoms with E-state index in [9.17, 15) is 9.59 Å². The van der Waals surface area contributed by atoms with Gasteiger partial charge in [0.25, 0.3) is 5.91 Å². The second kappa shape index (κ2) is 6.93. The first-order valence-corrected chi connectivity index (χ1v) is 6.61. The Balaban J connectivity index is 2.84. The number of carboxylic acids is 1. The number of aliphatic carboxylic acids is 1. The van der Waals surface area contributed by atoms with Gasteiger partial charge in [-0.3, -0.25) is 4.79 Å². The van der Waals surface area contributed by atoms with Crippen molar-refractivity contribution < 1.29 is 19.4 Å². The lowest BCUT2D eigenvalue weighted by atomic mass is 10.0. The lowest BCUT2D eigenvalue weighted by Gasteiger charge is -2.18. The molecule has 5 nitrogen and oxygen atoms in total. The largest absolute Gasteiger partial charge is 0.491 e. The lowest BCUT2D eigenvalue weighted by molar-refractivity contribution is -0.140. The van der Waals surface area contributed by atoms with Crippen LogP contribution in [0, 0.1) is 5.92 Å². The molecule has 20 heavy (non-hydrogen) atoms. The van der Waals surface area contributed by atoms with Crippen molar-refractivity contribution in [3.63, 3.8) is 0 Å². The zero-order chi connectivity index (χ0) is 15.3. The quantitative estimate of drug-likeness (QED) is 0.838. The van der Waals surface area contributed by atoms with E-state index in [1.165, 1.54) is 0 Å². The van der Waals surface area contributed by atoms with E-state index in [-0.39, 0.29) is 12.0 Å². The van der Waals surface area contributed by atoms with Crippen LogP contribution in [-0.4, -0.2) is 29.1 Å². The van der Waals surface area contributed by atoms with Gasteiger partial charge in [-0.1, -0.05) is 19.9 Å². The molecule has 0 aliphatic rings. The third kappa shape index (κ3) is 4.57. The SMILES string of the molecule is CC(C)Oc1cccc(C(=O)N[C@@H](C(=O)O)C(C)C)c1. The summed E-state index contributed by atoms with van der Waals surface area (Å²) in [6.45, 7) is 7.28. The Morgan fingerprint density at radius 1 is 1.20 bits per heavy atom. The van der Waals surface area contributed by atoms with Gasteiger partial charge < -0.3 is 15.2 Å². The van der Waals surface area contributed by atoms with Crippen LogP contribution in [0.15, 0.2) is 24.3 Å². The maximum absolute atomic E-state index is 12.1. The second-order valence-electron chi connectivity index (χ2n) is 5.23. The van der Waals surface area contributed by atoms with Gasteiger partial charge in [0, 0.05) is 5.56 Å². The highest BCUT2D eigenvalue weighted by molar-refractivity contribution is 5.96. The number of amides is 1. The number of hydrogen-bond donors (Lipinski definition) is 2. The van der Waals surface area contributed by atoms with Crippen LogP contribution in [0.4, 0.5) is 0 Å². The van der Waals surface area contributed by atoms with Crippen LogP contribution in [0.3, 0.4) is 0 Å². The molecule has 0 saturated carbocycles. The summed E-state index contributed by atoms with van der Waals surface area (Å²) in [4.78, 5) is 23.2. The predicted octanol–water partition coefficient (Wildman–Crippen LogP) is 2.31. The molecule has 2 N–H and O–H groups in total. The maximum Gasteiger partial charge on any atom is 0.326 e. The Hall–Kier alpha value is -2.04. The van der Waals surface area contributed by atoms with Gasteiger partial charge in [-0.25, -0.2) is 4.79 Å². The van der Waals surface area contributed by atoms with Gasteiger partial charge in [-0.2, -0.15) is 0 Å². The zero-order valence-electron chi connectivity index (χ0n) is 12.2. The number of carboxylic acid groups (broad SMARTS) is 1. The summed E-state index contributed by atoms with van der Waals surface area (Å²) in [5.41, 5.74) is 0.384.